The fourth-order valence-corrected chi connectivity index (χ4v) is 2.47. The minimum atomic E-state index is -0.864. The number of hydrogen-bond donors (Lipinski definition) is 2. The quantitative estimate of drug-likeness (QED) is 0.856. The van der Waals surface area contributed by atoms with Gasteiger partial charge in [-0.1, -0.05) is 0 Å². The molecule has 18 heavy (non-hydrogen) atoms. The Bertz CT molecular complexity index is 445. The SMILES string of the molecule is Cc1cc(NCC2CCN(C)C2)ccc1C(=O)O. The van der Waals surface area contributed by atoms with Crippen molar-refractivity contribution in [2.75, 3.05) is 32.0 Å². The van der Waals surface area contributed by atoms with E-state index in [2.05, 4.69) is 17.3 Å². The zero-order valence-corrected chi connectivity index (χ0v) is 10.9. The molecule has 1 saturated heterocycles. The largest absolute Gasteiger partial charge is 0.478 e. The van der Waals surface area contributed by atoms with Gasteiger partial charge in [0.1, 0.15) is 0 Å². The topological polar surface area (TPSA) is 52.6 Å². The van der Waals surface area contributed by atoms with Gasteiger partial charge in [0.25, 0.3) is 0 Å². The Balaban J connectivity index is 1.94. The molecule has 1 heterocycles. The molecule has 1 aromatic carbocycles. The van der Waals surface area contributed by atoms with E-state index >= 15 is 0 Å². The summed E-state index contributed by atoms with van der Waals surface area (Å²) in [6, 6.07) is 5.41. The Labute approximate surface area is 108 Å². The van der Waals surface area contributed by atoms with E-state index in [0.717, 1.165) is 24.3 Å². The van der Waals surface area contributed by atoms with Crippen molar-refractivity contribution < 1.29 is 9.90 Å². The second kappa shape index (κ2) is 5.40. The maximum absolute atomic E-state index is 10.9. The van der Waals surface area contributed by atoms with Gasteiger partial charge in [0, 0.05) is 18.8 Å². The summed E-state index contributed by atoms with van der Waals surface area (Å²) in [5.74, 6) is -0.175. The number of carbonyl (C=O) groups is 1. The van der Waals surface area contributed by atoms with E-state index in [-0.39, 0.29) is 0 Å². The number of anilines is 1. The van der Waals surface area contributed by atoms with Crippen LogP contribution in [-0.2, 0) is 0 Å². The normalized spacial score (nSPS) is 20.0. The highest BCUT2D eigenvalue weighted by atomic mass is 16.4. The molecule has 4 nitrogen and oxygen atoms in total. The molecular weight excluding hydrogens is 228 g/mol. The van der Waals surface area contributed by atoms with Crippen LogP contribution in [-0.4, -0.2) is 42.7 Å². The van der Waals surface area contributed by atoms with Crippen LogP contribution in [0.15, 0.2) is 18.2 Å². The molecule has 4 heteroatoms. The van der Waals surface area contributed by atoms with Gasteiger partial charge in [-0.05, 0) is 56.6 Å². The van der Waals surface area contributed by atoms with Gasteiger partial charge >= 0.3 is 5.97 Å². The summed E-state index contributed by atoms with van der Waals surface area (Å²) >= 11 is 0. The fourth-order valence-electron chi connectivity index (χ4n) is 2.47. The Morgan fingerprint density at radius 2 is 2.33 bits per heavy atom. The smallest absolute Gasteiger partial charge is 0.335 e. The number of likely N-dealkylation sites (tertiary alicyclic amines) is 1. The lowest BCUT2D eigenvalue weighted by molar-refractivity contribution is 0.0696. The van der Waals surface area contributed by atoms with Gasteiger partial charge in [-0.25, -0.2) is 4.79 Å². The molecule has 98 valence electrons. The van der Waals surface area contributed by atoms with Gasteiger partial charge in [-0.2, -0.15) is 0 Å². The maximum atomic E-state index is 10.9. The molecule has 0 aromatic heterocycles. The number of nitrogens with one attached hydrogen (secondary N) is 1. The summed E-state index contributed by atoms with van der Waals surface area (Å²) in [5.41, 5.74) is 2.18. The van der Waals surface area contributed by atoms with Gasteiger partial charge in [-0.3, -0.25) is 0 Å². The summed E-state index contributed by atoms with van der Waals surface area (Å²) in [5, 5.41) is 12.4. The van der Waals surface area contributed by atoms with E-state index < -0.39 is 5.97 Å². The Morgan fingerprint density at radius 1 is 1.56 bits per heavy atom. The number of carboxylic acid groups (broad SMARTS) is 1. The zero-order chi connectivity index (χ0) is 13.1. The van der Waals surface area contributed by atoms with Crippen LogP contribution in [0, 0.1) is 12.8 Å². The van der Waals surface area contributed by atoms with Crippen LogP contribution in [0.1, 0.15) is 22.3 Å². The van der Waals surface area contributed by atoms with Crippen molar-refractivity contribution in [1.82, 2.24) is 4.90 Å². The third-order valence-corrected chi connectivity index (χ3v) is 3.54. The average Bonchev–Trinajstić information content (AvgIpc) is 2.72. The first-order valence-corrected chi connectivity index (χ1v) is 6.32. The molecule has 2 rings (SSSR count). The van der Waals surface area contributed by atoms with E-state index in [1.54, 1.807) is 6.07 Å². The Morgan fingerprint density at radius 3 is 2.89 bits per heavy atom. The van der Waals surface area contributed by atoms with E-state index in [1.165, 1.54) is 13.0 Å². The number of aryl methyl sites for hydroxylation is 1. The van der Waals surface area contributed by atoms with E-state index in [1.807, 2.05) is 19.1 Å². The molecule has 0 radical (unpaired) electrons. The van der Waals surface area contributed by atoms with Crippen molar-refractivity contribution in [3.63, 3.8) is 0 Å². The number of aromatic carboxylic acids is 1. The van der Waals surface area contributed by atoms with E-state index in [4.69, 9.17) is 5.11 Å². The predicted molar refractivity (Wildman–Crippen MR) is 72.2 cm³/mol. The number of hydrogen-bond acceptors (Lipinski definition) is 3. The summed E-state index contributed by atoms with van der Waals surface area (Å²) in [6.45, 7) is 5.09. The van der Waals surface area contributed by atoms with Crippen molar-refractivity contribution in [3.8, 4) is 0 Å². The van der Waals surface area contributed by atoms with Crippen LogP contribution in [0.5, 0.6) is 0 Å². The maximum Gasteiger partial charge on any atom is 0.335 e. The van der Waals surface area contributed by atoms with Gasteiger partial charge < -0.3 is 15.3 Å². The molecule has 1 aliphatic heterocycles. The number of carboxylic acids is 1. The molecule has 0 spiro atoms. The van der Waals surface area contributed by atoms with Crippen LogP contribution in [0.25, 0.3) is 0 Å². The van der Waals surface area contributed by atoms with Crippen LogP contribution >= 0.6 is 0 Å². The number of rotatable bonds is 4. The molecular formula is C14H20N2O2. The summed E-state index contributed by atoms with van der Waals surface area (Å²) in [4.78, 5) is 13.2. The van der Waals surface area contributed by atoms with Crippen molar-refractivity contribution in [2.45, 2.75) is 13.3 Å². The van der Waals surface area contributed by atoms with Crippen LogP contribution in [0.4, 0.5) is 5.69 Å². The van der Waals surface area contributed by atoms with Gasteiger partial charge in [0.2, 0.25) is 0 Å². The molecule has 1 fully saturated rings. The first-order valence-electron chi connectivity index (χ1n) is 6.32. The molecule has 2 N–H and O–H groups in total. The highest BCUT2D eigenvalue weighted by Gasteiger charge is 2.18. The zero-order valence-electron chi connectivity index (χ0n) is 10.9. The molecule has 1 aromatic rings. The summed E-state index contributed by atoms with van der Waals surface area (Å²) in [7, 11) is 2.14. The summed E-state index contributed by atoms with van der Waals surface area (Å²) < 4.78 is 0. The van der Waals surface area contributed by atoms with Crippen molar-refractivity contribution in [2.24, 2.45) is 5.92 Å². The summed E-state index contributed by atoms with van der Waals surface area (Å²) in [6.07, 6.45) is 1.23. The van der Waals surface area contributed by atoms with Crippen molar-refractivity contribution in [1.29, 1.82) is 0 Å². The highest BCUT2D eigenvalue weighted by Crippen LogP contribution is 2.18. The first kappa shape index (κ1) is 12.9. The van der Waals surface area contributed by atoms with Crippen LogP contribution < -0.4 is 5.32 Å². The second-order valence-electron chi connectivity index (χ2n) is 5.13. The standard InChI is InChI=1S/C14H20N2O2/c1-10-7-12(3-4-13(10)14(17)18)15-8-11-5-6-16(2)9-11/h3-4,7,11,15H,5-6,8-9H2,1-2H3,(H,17,18). The highest BCUT2D eigenvalue weighted by molar-refractivity contribution is 5.89. The lowest BCUT2D eigenvalue weighted by Crippen LogP contribution is -2.19. The van der Waals surface area contributed by atoms with Gasteiger partial charge in [-0.15, -0.1) is 0 Å². The van der Waals surface area contributed by atoms with E-state index in [9.17, 15) is 4.79 Å². The first-order chi connectivity index (χ1) is 8.56. The van der Waals surface area contributed by atoms with Crippen LogP contribution in [0.2, 0.25) is 0 Å². The monoisotopic (exact) mass is 248 g/mol. The molecule has 0 saturated carbocycles. The van der Waals surface area contributed by atoms with Gasteiger partial charge in [0.05, 0.1) is 5.56 Å². The van der Waals surface area contributed by atoms with Crippen molar-refractivity contribution >= 4 is 11.7 Å². The molecule has 0 amide bonds. The predicted octanol–water partition coefficient (Wildman–Crippen LogP) is 2.06. The third kappa shape index (κ3) is 3.01. The van der Waals surface area contributed by atoms with Crippen molar-refractivity contribution in [3.05, 3.63) is 29.3 Å². The average molecular weight is 248 g/mol. The van der Waals surface area contributed by atoms with E-state index in [0.29, 0.717) is 11.5 Å². The minimum Gasteiger partial charge on any atom is -0.478 e. The molecule has 1 aliphatic rings. The lowest BCUT2D eigenvalue weighted by atomic mass is 10.1. The molecule has 0 aliphatic carbocycles. The fraction of sp³-hybridized carbons (Fsp3) is 0.500. The number of nitrogens with zero attached hydrogens (tertiary/aromatic N) is 1. The second-order valence-corrected chi connectivity index (χ2v) is 5.13. The Hall–Kier alpha value is -1.55. The molecule has 0 bridgehead atoms. The van der Waals surface area contributed by atoms with Crippen LogP contribution in [0.3, 0.4) is 0 Å². The third-order valence-electron chi connectivity index (χ3n) is 3.54. The minimum absolute atomic E-state index is 0.376. The number of benzene rings is 1. The van der Waals surface area contributed by atoms with Gasteiger partial charge in [0.15, 0.2) is 0 Å². The Kier molecular flexibility index (Phi) is 3.87. The molecule has 1 atom stereocenters. The molecule has 1 unspecified atom stereocenters. The lowest BCUT2D eigenvalue weighted by Gasteiger charge is -2.13.